The predicted octanol–water partition coefficient (Wildman–Crippen LogP) is 2.69. The minimum Gasteiger partial charge on any atom is -0.341 e. The highest BCUT2D eigenvalue weighted by atomic mass is 16.2. The molecule has 0 bridgehead atoms. The van der Waals surface area contributed by atoms with Gasteiger partial charge >= 0.3 is 0 Å². The van der Waals surface area contributed by atoms with Gasteiger partial charge in [0.2, 0.25) is 5.91 Å². The summed E-state index contributed by atoms with van der Waals surface area (Å²) in [5.74, 6) is 0.222. The van der Waals surface area contributed by atoms with E-state index in [1.807, 2.05) is 20.0 Å². The summed E-state index contributed by atoms with van der Waals surface area (Å²) in [6.45, 7) is 2.74. The van der Waals surface area contributed by atoms with Gasteiger partial charge in [-0.05, 0) is 18.4 Å². The quantitative estimate of drug-likeness (QED) is 0.691. The van der Waals surface area contributed by atoms with Crippen molar-refractivity contribution < 1.29 is 4.79 Å². The molecule has 0 saturated heterocycles. The zero-order valence-electron chi connectivity index (χ0n) is 9.57. The van der Waals surface area contributed by atoms with Crippen molar-refractivity contribution in [2.45, 2.75) is 26.2 Å². The zero-order chi connectivity index (χ0) is 11.1. The molecule has 0 aromatic carbocycles. The molecule has 0 fully saturated rings. The molecule has 0 spiro atoms. The first-order valence-corrected chi connectivity index (χ1v) is 5.50. The summed E-state index contributed by atoms with van der Waals surface area (Å²) in [4.78, 5) is 13.3. The maximum Gasteiger partial charge on any atom is 0.222 e. The van der Waals surface area contributed by atoms with Gasteiger partial charge < -0.3 is 4.90 Å². The maximum atomic E-state index is 11.6. The third kappa shape index (κ3) is 4.15. The van der Waals surface area contributed by atoms with Crippen LogP contribution in [0.4, 0.5) is 0 Å². The number of nitrogens with zero attached hydrogens (tertiary/aromatic N) is 1. The third-order valence-electron chi connectivity index (χ3n) is 2.36. The number of allylic oxidation sites excluding steroid dienone is 4. The Morgan fingerprint density at radius 2 is 2.27 bits per heavy atom. The van der Waals surface area contributed by atoms with Crippen LogP contribution >= 0.6 is 0 Å². The van der Waals surface area contributed by atoms with Crippen LogP contribution in [-0.2, 0) is 4.79 Å². The first-order valence-electron chi connectivity index (χ1n) is 5.50. The molecule has 2 heteroatoms. The number of rotatable bonds is 4. The second-order valence-electron chi connectivity index (χ2n) is 3.81. The monoisotopic (exact) mass is 205 g/mol. The highest BCUT2D eigenvalue weighted by Gasteiger charge is 2.07. The van der Waals surface area contributed by atoms with Crippen molar-refractivity contribution in [1.82, 2.24) is 4.90 Å². The van der Waals surface area contributed by atoms with Crippen molar-refractivity contribution in [2.75, 3.05) is 13.6 Å². The second kappa shape index (κ2) is 6.23. The fourth-order valence-electron chi connectivity index (χ4n) is 1.50. The van der Waals surface area contributed by atoms with Crippen LogP contribution in [-0.4, -0.2) is 24.4 Å². The van der Waals surface area contributed by atoms with E-state index in [0.717, 1.165) is 12.8 Å². The van der Waals surface area contributed by atoms with Gasteiger partial charge in [0.1, 0.15) is 0 Å². The van der Waals surface area contributed by atoms with Crippen LogP contribution < -0.4 is 0 Å². The summed E-state index contributed by atoms with van der Waals surface area (Å²) in [6.07, 6.45) is 13.0. The lowest BCUT2D eigenvalue weighted by molar-refractivity contribution is -0.129. The third-order valence-corrected chi connectivity index (χ3v) is 2.36. The standard InChI is InChI=1S/C13H19NO/c1-3-8-13(15)14(2)11-12-9-6-4-5-7-10-12/h4,6-7,9-10H,3,5,8,11H2,1-2H3. The summed E-state index contributed by atoms with van der Waals surface area (Å²) in [6, 6.07) is 0. The molecule has 1 aliphatic carbocycles. The van der Waals surface area contributed by atoms with Crippen molar-refractivity contribution in [3.05, 3.63) is 36.0 Å². The van der Waals surface area contributed by atoms with Gasteiger partial charge in [0, 0.05) is 20.0 Å². The molecule has 0 saturated carbocycles. The normalized spacial score (nSPS) is 14.7. The van der Waals surface area contributed by atoms with Crippen LogP contribution in [0.5, 0.6) is 0 Å². The molecule has 1 amide bonds. The molecule has 0 unspecified atom stereocenters. The lowest BCUT2D eigenvalue weighted by atomic mass is 10.2. The topological polar surface area (TPSA) is 20.3 Å². The molecule has 2 nitrogen and oxygen atoms in total. The molecular weight excluding hydrogens is 186 g/mol. The van der Waals surface area contributed by atoms with Crippen molar-refractivity contribution in [2.24, 2.45) is 0 Å². The molecule has 0 aromatic rings. The molecule has 1 aliphatic rings. The number of hydrogen-bond acceptors (Lipinski definition) is 1. The van der Waals surface area contributed by atoms with Crippen LogP contribution in [0.25, 0.3) is 0 Å². The molecule has 1 rings (SSSR count). The zero-order valence-corrected chi connectivity index (χ0v) is 9.57. The van der Waals surface area contributed by atoms with E-state index >= 15 is 0 Å². The molecule has 82 valence electrons. The average molecular weight is 205 g/mol. The van der Waals surface area contributed by atoms with Crippen LogP contribution in [0.15, 0.2) is 36.0 Å². The fraction of sp³-hybridized carbons (Fsp3) is 0.462. The van der Waals surface area contributed by atoms with Gasteiger partial charge in [0.25, 0.3) is 0 Å². The molecule has 0 atom stereocenters. The molecule has 15 heavy (non-hydrogen) atoms. The predicted molar refractivity (Wildman–Crippen MR) is 63.5 cm³/mol. The van der Waals surface area contributed by atoms with Crippen molar-refractivity contribution >= 4 is 5.91 Å². The first-order chi connectivity index (χ1) is 7.24. The summed E-state index contributed by atoms with van der Waals surface area (Å²) in [5, 5.41) is 0. The van der Waals surface area contributed by atoms with E-state index in [-0.39, 0.29) is 5.91 Å². The summed E-state index contributed by atoms with van der Waals surface area (Å²) in [7, 11) is 1.86. The van der Waals surface area contributed by atoms with Crippen molar-refractivity contribution in [1.29, 1.82) is 0 Å². The van der Waals surface area contributed by atoms with Gasteiger partial charge in [0.05, 0.1) is 0 Å². The van der Waals surface area contributed by atoms with E-state index in [2.05, 4.69) is 24.3 Å². The van der Waals surface area contributed by atoms with Gasteiger partial charge in [-0.3, -0.25) is 4.79 Å². The van der Waals surface area contributed by atoms with E-state index in [9.17, 15) is 4.79 Å². The van der Waals surface area contributed by atoms with Gasteiger partial charge in [0.15, 0.2) is 0 Å². The SMILES string of the molecule is CCCC(=O)N(C)CC1=CC=CCC=C1. The van der Waals surface area contributed by atoms with E-state index in [0.29, 0.717) is 13.0 Å². The van der Waals surface area contributed by atoms with Crippen molar-refractivity contribution in [3.63, 3.8) is 0 Å². The lowest BCUT2D eigenvalue weighted by Gasteiger charge is -2.17. The van der Waals surface area contributed by atoms with Gasteiger partial charge in [-0.2, -0.15) is 0 Å². The minimum absolute atomic E-state index is 0.222. The smallest absolute Gasteiger partial charge is 0.222 e. The molecule has 0 aromatic heterocycles. The molecule has 0 radical (unpaired) electrons. The summed E-state index contributed by atoms with van der Waals surface area (Å²) >= 11 is 0. The Kier molecular flexibility index (Phi) is 4.88. The van der Waals surface area contributed by atoms with E-state index in [4.69, 9.17) is 0 Å². The van der Waals surface area contributed by atoms with Gasteiger partial charge in [-0.1, -0.05) is 37.3 Å². The van der Waals surface area contributed by atoms with Crippen molar-refractivity contribution in [3.8, 4) is 0 Å². The second-order valence-corrected chi connectivity index (χ2v) is 3.81. The maximum absolute atomic E-state index is 11.6. The average Bonchev–Trinajstić information content (AvgIpc) is 2.46. The van der Waals surface area contributed by atoms with E-state index < -0.39 is 0 Å². The summed E-state index contributed by atoms with van der Waals surface area (Å²) in [5.41, 5.74) is 1.19. The van der Waals surface area contributed by atoms with E-state index in [1.54, 1.807) is 4.90 Å². The first kappa shape index (κ1) is 11.8. The fourth-order valence-corrected chi connectivity index (χ4v) is 1.50. The number of likely N-dealkylation sites (N-methyl/N-ethyl adjacent to an activating group) is 1. The van der Waals surface area contributed by atoms with Gasteiger partial charge in [-0.25, -0.2) is 0 Å². The Morgan fingerprint density at radius 3 is 3.00 bits per heavy atom. The molecule has 0 aliphatic heterocycles. The van der Waals surface area contributed by atoms with E-state index in [1.165, 1.54) is 5.57 Å². The summed E-state index contributed by atoms with van der Waals surface area (Å²) < 4.78 is 0. The van der Waals surface area contributed by atoms with Crippen LogP contribution in [0.3, 0.4) is 0 Å². The Hall–Kier alpha value is -1.31. The van der Waals surface area contributed by atoms with Crippen LogP contribution in [0, 0.1) is 0 Å². The molecular formula is C13H19NO. The minimum atomic E-state index is 0.222. The number of amides is 1. The van der Waals surface area contributed by atoms with Crippen LogP contribution in [0.2, 0.25) is 0 Å². The highest BCUT2D eigenvalue weighted by molar-refractivity contribution is 5.76. The lowest BCUT2D eigenvalue weighted by Crippen LogP contribution is -2.27. The Bertz CT molecular complexity index is 300. The molecule has 0 N–H and O–H groups in total. The molecule has 0 heterocycles. The number of hydrogen-bond donors (Lipinski definition) is 0. The van der Waals surface area contributed by atoms with Gasteiger partial charge in [-0.15, -0.1) is 0 Å². The Balaban J connectivity index is 2.50. The van der Waals surface area contributed by atoms with Crippen LogP contribution in [0.1, 0.15) is 26.2 Å². The highest BCUT2D eigenvalue weighted by Crippen LogP contribution is 2.07. The Labute approximate surface area is 92.0 Å². The number of carbonyl (C=O) groups excluding carboxylic acids is 1. The Morgan fingerprint density at radius 1 is 1.47 bits per heavy atom. The number of carbonyl (C=O) groups is 1. The largest absolute Gasteiger partial charge is 0.341 e.